The number of amides is 3. The molecule has 7 nitrogen and oxygen atoms in total. The van der Waals surface area contributed by atoms with E-state index in [4.69, 9.17) is 4.42 Å². The van der Waals surface area contributed by atoms with Gasteiger partial charge in [0.2, 0.25) is 17.7 Å². The molecule has 1 aliphatic carbocycles. The first-order valence-corrected chi connectivity index (χ1v) is 10.5. The minimum Gasteiger partial charge on any atom is -0.468 e. The van der Waals surface area contributed by atoms with Crippen molar-refractivity contribution in [1.29, 1.82) is 0 Å². The Kier molecular flexibility index (Phi) is 5.80. The number of carbonyl (C=O) groups is 3. The summed E-state index contributed by atoms with van der Waals surface area (Å²) in [4.78, 5) is 41.1. The first-order chi connectivity index (χ1) is 13.6. The number of hydrogen-bond donors (Lipinski definition) is 1. The average Bonchev–Trinajstić information content (AvgIpc) is 3.45. The van der Waals surface area contributed by atoms with Crippen molar-refractivity contribution in [2.24, 2.45) is 11.8 Å². The quantitative estimate of drug-likeness (QED) is 0.725. The molecule has 2 saturated heterocycles. The summed E-state index contributed by atoms with van der Waals surface area (Å²) in [5.41, 5.74) is 0. The first kappa shape index (κ1) is 19.2. The Morgan fingerprint density at radius 3 is 2.39 bits per heavy atom. The van der Waals surface area contributed by atoms with Crippen LogP contribution in [0.3, 0.4) is 0 Å². The molecule has 0 aromatic carbocycles. The first-order valence-electron chi connectivity index (χ1n) is 10.5. The van der Waals surface area contributed by atoms with Gasteiger partial charge in [-0.1, -0.05) is 12.8 Å². The zero-order valence-electron chi connectivity index (χ0n) is 16.3. The summed E-state index contributed by atoms with van der Waals surface area (Å²) in [6, 6.07) is 3.84. The van der Waals surface area contributed by atoms with Crippen molar-refractivity contribution >= 4 is 17.7 Å². The van der Waals surface area contributed by atoms with E-state index in [2.05, 4.69) is 10.2 Å². The number of imide groups is 1. The maximum atomic E-state index is 12.5. The summed E-state index contributed by atoms with van der Waals surface area (Å²) in [5.74, 6) is 0.272. The van der Waals surface area contributed by atoms with Gasteiger partial charge in [-0.25, -0.2) is 0 Å². The van der Waals surface area contributed by atoms with E-state index in [0.717, 1.165) is 57.4 Å². The Balaban J connectivity index is 1.29. The van der Waals surface area contributed by atoms with Gasteiger partial charge in [-0.15, -0.1) is 0 Å². The molecular formula is C21H29N3O4. The number of furan rings is 1. The summed E-state index contributed by atoms with van der Waals surface area (Å²) in [6.07, 6.45) is 7.76. The highest BCUT2D eigenvalue weighted by Gasteiger charge is 2.47. The number of rotatable bonds is 7. The average molecular weight is 387 g/mol. The van der Waals surface area contributed by atoms with Crippen LogP contribution in [-0.4, -0.2) is 53.7 Å². The number of nitrogens with one attached hydrogen (secondary N) is 1. The van der Waals surface area contributed by atoms with Gasteiger partial charge in [-0.3, -0.25) is 24.2 Å². The van der Waals surface area contributed by atoms with E-state index >= 15 is 0 Å². The summed E-state index contributed by atoms with van der Waals surface area (Å²) in [5, 5.41) is 2.97. The fourth-order valence-corrected chi connectivity index (χ4v) is 4.91. The van der Waals surface area contributed by atoms with Crippen LogP contribution >= 0.6 is 0 Å². The van der Waals surface area contributed by atoms with Gasteiger partial charge in [0.25, 0.3) is 0 Å². The summed E-state index contributed by atoms with van der Waals surface area (Å²) >= 11 is 0. The van der Waals surface area contributed by atoms with Crippen LogP contribution in [0.25, 0.3) is 0 Å². The Morgan fingerprint density at radius 1 is 1.11 bits per heavy atom. The van der Waals surface area contributed by atoms with Crippen LogP contribution in [0, 0.1) is 11.8 Å². The third-order valence-corrected chi connectivity index (χ3v) is 6.44. The van der Waals surface area contributed by atoms with Gasteiger partial charge in [0.1, 0.15) is 5.76 Å². The van der Waals surface area contributed by atoms with Gasteiger partial charge in [0.15, 0.2) is 0 Å². The van der Waals surface area contributed by atoms with Crippen molar-refractivity contribution in [2.45, 2.75) is 51.0 Å². The summed E-state index contributed by atoms with van der Waals surface area (Å²) in [7, 11) is 0. The molecule has 7 heteroatoms. The number of likely N-dealkylation sites (tertiary alicyclic amines) is 2. The maximum Gasteiger partial charge on any atom is 0.233 e. The highest BCUT2D eigenvalue weighted by atomic mass is 16.3. The van der Waals surface area contributed by atoms with Crippen LogP contribution in [0.4, 0.5) is 0 Å². The summed E-state index contributed by atoms with van der Waals surface area (Å²) < 4.78 is 5.57. The molecular weight excluding hydrogens is 358 g/mol. The molecule has 0 unspecified atom stereocenters. The Morgan fingerprint density at radius 2 is 1.79 bits per heavy atom. The Bertz CT molecular complexity index is 687. The number of nitrogens with zero attached hydrogens (tertiary/aromatic N) is 2. The summed E-state index contributed by atoms with van der Waals surface area (Å²) in [6.45, 7) is 2.66. The molecule has 0 bridgehead atoms. The van der Waals surface area contributed by atoms with Crippen LogP contribution in [0.5, 0.6) is 0 Å². The van der Waals surface area contributed by atoms with E-state index < -0.39 is 0 Å². The molecule has 0 radical (unpaired) electrons. The fourth-order valence-electron chi connectivity index (χ4n) is 4.91. The van der Waals surface area contributed by atoms with Crippen molar-refractivity contribution in [3.8, 4) is 0 Å². The smallest absolute Gasteiger partial charge is 0.233 e. The molecule has 1 aromatic rings. The van der Waals surface area contributed by atoms with Crippen LogP contribution in [0.2, 0.25) is 0 Å². The maximum absolute atomic E-state index is 12.5. The number of fused-ring (bicyclic) bond motifs is 1. The molecule has 152 valence electrons. The normalized spacial score (nSPS) is 26.5. The third kappa shape index (κ3) is 3.85. The van der Waals surface area contributed by atoms with Crippen LogP contribution < -0.4 is 5.32 Å². The standard InChI is InChI=1S/C21H29N3O4/c25-19(9-12-24-20(26)15-6-1-2-7-16(15)21(24)27)22-14-17(18-8-5-13-28-18)23-10-3-4-11-23/h5,8,13,15-17H,1-4,6-7,9-12,14H2,(H,22,25)/t15-,16-,17+/m1/s1. The second kappa shape index (κ2) is 8.47. The van der Waals surface area contributed by atoms with Crippen molar-refractivity contribution < 1.29 is 18.8 Å². The van der Waals surface area contributed by atoms with E-state index in [1.165, 1.54) is 4.90 Å². The van der Waals surface area contributed by atoms with E-state index in [1.807, 2.05) is 12.1 Å². The zero-order valence-corrected chi connectivity index (χ0v) is 16.3. The molecule has 3 heterocycles. The highest BCUT2D eigenvalue weighted by Crippen LogP contribution is 2.38. The van der Waals surface area contributed by atoms with Gasteiger partial charge in [-0.2, -0.15) is 0 Å². The second-order valence-electron chi connectivity index (χ2n) is 8.15. The molecule has 3 aliphatic rings. The van der Waals surface area contributed by atoms with Gasteiger partial charge < -0.3 is 9.73 Å². The predicted octanol–water partition coefficient (Wildman–Crippen LogP) is 2.10. The molecule has 28 heavy (non-hydrogen) atoms. The highest BCUT2D eigenvalue weighted by molar-refractivity contribution is 6.05. The van der Waals surface area contributed by atoms with Crippen molar-refractivity contribution in [1.82, 2.24) is 15.1 Å². The molecule has 0 spiro atoms. The molecule has 1 saturated carbocycles. The molecule has 1 N–H and O–H groups in total. The molecule has 3 fully saturated rings. The second-order valence-corrected chi connectivity index (χ2v) is 8.15. The van der Waals surface area contributed by atoms with Gasteiger partial charge >= 0.3 is 0 Å². The van der Waals surface area contributed by atoms with E-state index in [0.29, 0.717) is 6.54 Å². The predicted molar refractivity (Wildman–Crippen MR) is 102 cm³/mol. The Labute approximate surface area is 165 Å². The molecule has 3 amide bonds. The molecule has 1 aromatic heterocycles. The fraction of sp³-hybridized carbons (Fsp3) is 0.667. The van der Waals surface area contributed by atoms with Gasteiger partial charge in [-0.05, 0) is 50.9 Å². The third-order valence-electron chi connectivity index (χ3n) is 6.44. The van der Waals surface area contributed by atoms with Crippen molar-refractivity contribution in [3.63, 3.8) is 0 Å². The lowest BCUT2D eigenvalue weighted by Gasteiger charge is -2.26. The lowest BCUT2D eigenvalue weighted by atomic mass is 9.81. The SMILES string of the molecule is O=C(CCN1C(=O)[C@@H]2CCCC[C@H]2C1=O)NC[C@@H](c1ccco1)N1CCCC1. The molecule has 2 aliphatic heterocycles. The van der Waals surface area contributed by atoms with Crippen LogP contribution in [0.1, 0.15) is 56.7 Å². The zero-order chi connectivity index (χ0) is 19.5. The van der Waals surface area contributed by atoms with E-state index in [-0.39, 0.29) is 48.6 Å². The van der Waals surface area contributed by atoms with Crippen LogP contribution in [0.15, 0.2) is 22.8 Å². The lowest BCUT2D eigenvalue weighted by molar-refractivity contribution is -0.140. The van der Waals surface area contributed by atoms with E-state index in [9.17, 15) is 14.4 Å². The van der Waals surface area contributed by atoms with E-state index in [1.54, 1.807) is 6.26 Å². The molecule has 3 atom stereocenters. The minimum absolute atomic E-state index is 0.0272. The minimum atomic E-state index is -0.150. The Hall–Kier alpha value is -2.15. The number of hydrogen-bond acceptors (Lipinski definition) is 5. The molecule has 4 rings (SSSR count). The topological polar surface area (TPSA) is 82.9 Å². The monoisotopic (exact) mass is 387 g/mol. The van der Waals surface area contributed by atoms with Crippen molar-refractivity contribution in [3.05, 3.63) is 24.2 Å². The van der Waals surface area contributed by atoms with Crippen LogP contribution in [-0.2, 0) is 14.4 Å². The van der Waals surface area contributed by atoms with Gasteiger partial charge in [0.05, 0.1) is 24.1 Å². The lowest BCUT2D eigenvalue weighted by Crippen LogP contribution is -2.39. The number of carbonyl (C=O) groups excluding carboxylic acids is 3. The largest absolute Gasteiger partial charge is 0.468 e. The van der Waals surface area contributed by atoms with Gasteiger partial charge in [0, 0.05) is 19.5 Å². The van der Waals surface area contributed by atoms with Crippen molar-refractivity contribution in [2.75, 3.05) is 26.2 Å².